The van der Waals surface area contributed by atoms with Crippen molar-refractivity contribution >= 4 is 0 Å². The second kappa shape index (κ2) is 11.5. The Morgan fingerprint density at radius 2 is 1.63 bits per heavy atom. The van der Waals surface area contributed by atoms with E-state index < -0.39 is 6.36 Å². The highest BCUT2D eigenvalue weighted by Gasteiger charge is 2.32. The van der Waals surface area contributed by atoms with Crippen LogP contribution in [-0.4, -0.2) is 6.36 Å². The molecular weight excluding hydrogens is 452 g/mol. The van der Waals surface area contributed by atoms with Crippen LogP contribution in [0.25, 0.3) is 0 Å². The van der Waals surface area contributed by atoms with E-state index in [0.717, 1.165) is 42.2 Å². The minimum atomic E-state index is -4.73. The van der Waals surface area contributed by atoms with Gasteiger partial charge in [-0.3, -0.25) is 0 Å². The lowest BCUT2D eigenvalue weighted by Gasteiger charge is -2.36. The van der Waals surface area contributed by atoms with E-state index >= 15 is 4.39 Å². The summed E-state index contributed by atoms with van der Waals surface area (Å²) in [6.45, 7) is 2.26. The van der Waals surface area contributed by atoms with E-state index in [4.69, 9.17) is 0 Å². The van der Waals surface area contributed by atoms with Crippen molar-refractivity contribution in [3.8, 4) is 17.6 Å². The number of ether oxygens (including phenoxy) is 1. The lowest BCUT2D eigenvalue weighted by molar-refractivity contribution is -0.274. The number of hydrogen-bond acceptors (Lipinski definition) is 1. The first-order valence-corrected chi connectivity index (χ1v) is 13.0. The summed E-state index contributed by atoms with van der Waals surface area (Å²) < 4.78 is 56.0. The molecule has 0 aromatic heterocycles. The van der Waals surface area contributed by atoms with Gasteiger partial charge in [0.2, 0.25) is 0 Å². The number of hydrogen-bond donors (Lipinski definition) is 0. The van der Waals surface area contributed by atoms with Gasteiger partial charge in [0.05, 0.1) is 5.56 Å². The molecule has 35 heavy (non-hydrogen) atoms. The molecule has 0 aliphatic heterocycles. The molecule has 2 aromatic rings. The molecule has 0 heterocycles. The summed E-state index contributed by atoms with van der Waals surface area (Å²) in [6.07, 6.45) is 8.72. The molecule has 1 atom stereocenters. The van der Waals surface area contributed by atoms with Crippen LogP contribution in [0.1, 0.15) is 87.0 Å². The number of fused-ring (bicyclic) bond motifs is 1. The van der Waals surface area contributed by atoms with Crippen molar-refractivity contribution in [2.24, 2.45) is 17.8 Å². The summed E-state index contributed by atoms with van der Waals surface area (Å²) in [5.41, 5.74) is 2.74. The molecule has 1 saturated carbocycles. The second-order valence-corrected chi connectivity index (χ2v) is 10.2. The first-order valence-electron chi connectivity index (χ1n) is 13.0. The Morgan fingerprint density at radius 1 is 0.886 bits per heavy atom. The maximum atomic E-state index is 15.2. The highest BCUT2D eigenvalue weighted by Crippen LogP contribution is 2.41. The smallest absolute Gasteiger partial charge is 0.406 e. The fourth-order valence-corrected chi connectivity index (χ4v) is 5.85. The van der Waals surface area contributed by atoms with E-state index in [2.05, 4.69) is 23.5 Å². The Balaban J connectivity index is 1.36. The molecule has 0 spiro atoms. The van der Waals surface area contributed by atoms with Crippen LogP contribution in [0, 0.1) is 35.4 Å². The van der Waals surface area contributed by atoms with E-state index in [1.807, 2.05) is 6.07 Å². The van der Waals surface area contributed by atoms with Gasteiger partial charge in [0.25, 0.3) is 0 Å². The lowest BCUT2D eigenvalue weighted by atomic mass is 9.69. The molecular formula is C30H34F4O. The van der Waals surface area contributed by atoms with Gasteiger partial charge in [-0.25, -0.2) is 4.39 Å². The molecule has 4 rings (SSSR count). The maximum absolute atomic E-state index is 15.2. The quantitative estimate of drug-likeness (QED) is 0.226. The van der Waals surface area contributed by atoms with Crippen molar-refractivity contribution in [1.29, 1.82) is 0 Å². The zero-order valence-electron chi connectivity index (χ0n) is 20.4. The predicted octanol–water partition coefficient (Wildman–Crippen LogP) is 8.62. The van der Waals surface area contributed by atoms with Crippen LogP contribution in [-0.2, 0) is 12.8 Å². The summed E-state index contributed by atoms with van der Waals surface area (Å²) in [5.74, 6) is 7.48. The fraction of sp³-hybridized carbons (Fsp3) is 0.533. The molecule has 0 radical (unpaired) electrons. The Morgan fingerprint density at radius 3 is 2.31 bits per heavy atom. The third-order valence-electron chi connectivity index (χ3n) is 7.79. The predicted molar refractivity (Wildman–Crippen MR) is 131 cm³/mol. The first-order chi connectivity index (χ1) is 16.8. The summed E-state index contributed by atoms with van der Waals surface area (Å²) in [6, 6.07) is 9.06. The molecule has 0 bridgehead atoms. The molecule has 5 heteroatoms. The number of unbranched alkanes of at least 4 members (excludes halogenated alkanes) is 2. The fourth-order valence-electron chi connectivity index (χ4n) is 5.85. The lowest BCUT2D eigenvalue weighted by Crippen LogP contribution is -2.27. The van der Waals surface area contributed by atoms with E-state index in [1.165, 1.54) is 75.6 Å². The van der Waals surface area contributed by atoms with Gasteiger partial charge < -0.3 is 4.74 Å². The van der Waals surface area contributed by atoms with Crippen LogP contribution in [0.3, 0.4) is 0 Å². The highest BCUT2D eigenvalue weighted by atomic mass is 19.4. The minimum absolute atomic E-state index is 0.245. The largest absolute Gasteiger partial charge is 0.573 e. The Kier molecular flexibility index (Phi) is 8.42. The molecule has 0 saturated heterocycles. The minimum Gasteiger partial charge on any atom is -0.406 e. The topological polar surface area (TPSA) is 9.23 Å². The van der Waals surface area contributed by atoms with E-state index in [1.54, 1.807) is 6.07 Å². The number of benzene rings is 2. The van der Waals surface area contributed by atoms with E-state index in [-0.39, 0.29) is 11.6 Å². The van der Waals surface area contributed by atoms with Crippen LogP contribution in [0.15, 0.2) is 36.4 Å². The van der Waals surface area contributed by atoms with Gasteiger partial charge in [-0.05, 0) is 91.3 Å². The van der Waals surface area contributed by atoms with Crippen molar-refractivity contribution in [3.63, 3.8) is 0 Å². The molecule has 0 N–H and O–H groups in total. The summed E-state index contributed by atoms with van der Waals surface area (Å²) in [4.78, 5) is 0. The highest BCUT2D eigenvalue weighted by molar-refractivity contribution is 5.48. The SMILES string of the molecule is CCCCCC1CCC(C2CCc3c(ccc(C#Cc4ccc(OC(F)(F)F)cc4)c3F)C2)CC1. The molecule has 1 fully saturated rings. The first kappa shape index (κ1) is 25.6. The van der Waals surface area contributed by atoms with Crippen molar-refractivity contribution in [3.05, 3.63) is 64.5 Å². The van der Waals surface area contributed by atoms with Crippen LogP contribution in [0.4, 0.5) is 17.6 Å². The second-order valence-electron chi connectivity index (χ2n) is 10.2. The average Bonchev–Trinajstić information content (AvgIpc) is 2.84. The van der Waals surface area contributed by atoms with Gasteiger partial charge in [0.15, 0.2) is 0 Å². The Bertz CT molecular complexity index is 1040. The summed E-state index contributed by atoms with van der Waals surface area (Å²) >= 11 is 0. The molecule has 0 amide bonds. The molecule has 2 aliphatic carbocycles. The molecule has 1 unspecified atom stereocenters. The standard InChI is InChI=1S/C30H34F4O/c1-2-3-4-5-21-6-11-23(12-7-21)25-16-19-28-26(20-25)15-14-24(29(28)31)13-8-22-9-17-27(18-10-22)35-30(32,33)34/h9-10,14-15,17-18,21,23,25H,2-7,11-12,16,19-20H2,1H3. The van der Waals surface area contributed by atoms with Gasteiger partial charge >= 0.3 is 6.36 Å². The summed E-state index contributed by atoms with van der Waals surface area (Å²) in [5, 5.41) is 0. The Labute approximate surface area is 206 Å². The Hall–Kier alpha value is -2.48. The normalized spacial score (nSPS) is 22.1. The van der Waals surface area contributed by atoms with Crippen LogP contribution >= 0.6 is 0 Å². The van der Waals surface area contributed by atoms with Crippen LogP contribution in [0.5, 0.6) is 5.75 Å². The van der Waals surface area contributed by atoms with E-state index in [9.17, 15) is 13.2 Å². The third kappa shape index (κ3) is 7.03. The van der Waals surface area contributed by atoms with Crippen molar-refractivity contribution in [2.75, 3.05) is 0 Å². The van der Waals surface area contributed by atoms with Crippen molar-refractivity contribution in [1.82, 2.24) is 0 Å². The molecule has 188 valence electrons. The van der Waals surface area contributed by atoms with Gasteiger partial charge in [-0.1, -0.05) is 63.4 Å². The van der Waals surface area contributed by atoms with Crippen molar-refractivity contribution in [2.45, 2.75) is 83.9 Å². The van der Waals surface area contributed by atoms with Crippen LogP contribution < -0.4 is 4.74 Å². The zero-order valence-corrected chi connectivity index (χ0v) is 20.4. The maximum Gasteiger partial charge on any atom is 0.573 e. The monoisotopic (exact) mass is 486 g/mol. The molecule has 2 aromatic carbocycles. The number of rotatable bonds is 6. The van der Waals surface area contributed by atoms with Crippen molar-refractivity contribution < 1.29 is 22.3 Å². The molecule has 2 aliphatic rings. The number of halogens is 4. The zero-order chi connectivity index (χ0) is 24.8. The number of alkyl halides is 3. The van der Waals surface area contributed by atoms with Gasteiger partial charge in [-0.2, -0.15) is 0 Å². The third-order valence-corrected chi connectivity index (χ3v) is 7.79. The van der Waals surface area contributed by atoms with Gasteiger partial charge in [-0.15, -0.1) is 13.2 Å². The van der Waals surface area contributed by atoms with Crippen LogP contribution in [0.2, 0.25) is 0 Å². The van der Waals surface area contributed by atoms with Gasteiger partial charge in [0.1, 0.15) is 11.6 Å². The molecule has 1 nitrogen and oxygen atoms in total. The summed E-state index contributed by atoms with van der Waals surface area (Å²) in [7, 11) is 0. The van der Waals surface area contributed by atoms with Gasteiger partial charge in [0, 0.05) is 5.56 Å². The van der Waals surface area contributed by atoms with E-state index in [0.29, 0.717) is 17.0 Å². The average molecular weight is 487 g/mol.